The number of rotatable bonds is 5. The molecule has 2 atom stereocenters. The molecule has 1 aromatic heterocycles. The van der Waals surface area contributed by atoms with Crippen molar-refractivity contribution in [2.45, 2.75) is 18.9 Å². The quantitative estimate of drug-likeness (QED) is 0.878. The maximum Gasteiger partial charge on any atom is 0.319 e. The SMILES string of the molecule is Cn1cc(NC(=O)N[C@@H](C[C@@H]2CCOC2)c2ccccc2)ccc1=O. The molecule has 2 heterocycles. The van der Waals surface area contributed by atoms with E-state index in [9.17, 15) is 9.59 Å². The lowest BCUT2D eigenvalue weighted by atomic mass is 9.94. The average Bonchev–Trinajstić information content (AvgIpc) is 3.11. The Morgan fingerprint density at radius 2 is 2.08 bits per heavy atom. The fourth-order valence-corrected chi connectivity index (χ4v) is 3.06. The van der Waals surface area contributed by atoms with E-state index in [-0.39, 0.29) is 17.6 Å². The van der Waals surface area contributed by atoms with Gasteiger partial charge in [-0.2, -0.15) is 0 Å². The highest BCUT2D eigenvalue weighted by Gasteiger charge is 2.23. The number of hydrogen-bond acceptors (Lipinski definition) is 3. The van der Waals surface area contributed by atoms with E-state index in [0.29, 0.717) is 11.6 Å². The molecule has 0 unspecified atom stereocenters. The first-order valence-electron chi connectivity index (χ1n) is 8.49. The highest BCUT2D eigenvalue weighted by molar-refractivity contribution is 5.89. The zero-order chi connectivity index (χ0) is 17.6. The summed E-state index contributed by atoms with van der Waals surface area (Å²) in [6, 6.07) is 12.6. The molecule has 1 aromatic carbocycles. The normalized spacial score (nSPS) is 17.9. The third-order valence-electron chi connectivity index (χ3n) is 4.44. The van der Waals surface area contributed by atoms with E-state index < -0.39 is 0 Å². The Morgan fingerprint density at radius 1 is 1.28 bits per heavy atom. The summed E-state index contributed by atoms with van der Waals surface area (Å²) in [5.74, 6) is 0.447. The summed E-state index contributed by atoms with van der Waals surface area (Å²) in [7, 11) is 1.65. The Labute approximate surface area is 146 Å². The number of carbonyl (C=O) groups excluding carboxylic acids is 1. The third-order valence-corrected chi connectivity index (χ3v) is 4.44. The lowest BCUT2D eigenvalue weighted by Gasteiger charge is -2.22. The number of pyridine rings is 1. The van der Waals surface area contributed by atoms with Crippen LogP contribution in [0.5, 0.6) is 0 Å². The first kappa shape index (κ1) is 17.2. The molecule has 2 amide bonds. The van der Waals surface area contributed by atoms with Gasteiger partial charge in [-0.25, -0.2) is 4.79 Å². The largest absolute Gasteiger partial charge is 0.381 e. The van der Waals surface area contributed by atoms with E-state index in [4.69, 9.17) is 4.74 Å². The standard InChI is InChI=1S/C19H23N3O3/c1-22-12-16(7-8-18(22)23)20-19(24)21-17(11-14-9-10-25-13-14)15-5-3-2-4-6-15/h2-8,12,14,17H,9-11,13H2,1H3,(H2,20,21,24)/t14-,17-/m0/s1. The van der Waals surface area contributed by atoms with Gasteiger partial charge in [0.15, 0.2) is 0 Å². The number of benzene rings is 1. The number of aryl methyl sites for hydroxylation is 1. The molecule has 132 valence electrons. The highest BCUT2D eigenvalue weighted by Crippen LogP contribution is 2.26. The first-order valence-corrected chi connectivity index (χ1v) is 8.49. The van der Waals surface area contributed by atoms with E-state index in [1.165, 1.54) is 10.6 Å². The van der Waals surface area contributed by atoms with E-state index in [0.717, 1.165) is 31.6 Å². The van der Waals surface area contributed by atoms with Crippen LogP contribution < -0.4 is 16.2 Å². The van der Waals surface area contributed by atoms with Crippen LogP contribution in [0, 0.1) is 5.92 Å². The van der Waals surface area contributed by atoms with Crippen LogP contribution in [0.3, 0.4) is 0 Å². The number of hydrogen-bond donors (Lipinski definition) is 2. The number of nitrogens with one attached hydrogen (secondary N) is 2. The third kappa shape index (κ3) is 4.70. The minimum Gasteiger partial charge on any atom is -0.381 e. The van der Waals surface area contributed by atoms with E-state index >= 15 is 0 Å². The second-order valence-electron chi connectivity index (χ2n) is 6.39. The average molecular weight is 341 g/mol. The Kier molecular flexibility index (Phi) is 5.50. The predicted molar refractivity (Wildman–Crippen MR) is 96.6 cm³/mol. The van der Waals surface area contributed by atoms with Crippen LogP contribution in [-0.2, 0) is 11.8 Å². The lowest BCUT2D eigenvalue weighted by Crippen LogP contribution is -2.34. The maximum atomic E-state index is 12.4. The van der Waals surface area contributed by atoms with Gasteiger partial charge < -0.3 is 19.9 Å². The second kappa shape index (κ2) is 7.98. The van der Waals surface area contributed by atoms with Crippen molar-refractivity contribution in [3.05, 3.63) is 64.6 Å². The van der Waals surface area contributed by atoms with Crippen LogP contribution in [-0.4, -0.2) is 23.8 Å². The molecule has 6 nitrogen and oxygen atoms in total. The number of ether oxygens (including phenoxy) is 1. The summed E-state index contributed by atoms with van der Waals surface area (Å²) in [6.07, 6.45) is 3.46. The monoisotopic (exact) mass is 341 g/mol. The molecular formula is C19H23N3O3. The summed E-state index contributed by atoms with van der Waals surface area (Å²) in [6.45, 7) is 1.53. The van der Waals surface area contributed by atoms with Crippen molar-refractivity contribution in [2.75, 3.05) is 18.5 Å². The Bertz CT molecular complexity index is 767. The number of urea groups is 1. The molecule has 0 spiro atoms. The predicted octanol–water partition coefficient (Wildman–Crippen LogP) is 2.67. The van der Waals surface area contributed by atoms with Crippen molar-refractivity contribution in [2.24, 2.45) is 13.0 Å². The molecule has 0 saturated carbocycles. The molecular weight excluding hydrogens is 318 g/mol. The fraction of sp³-hybridized carbons (Fsp3) is 0.368. The highest BCUT2D eigenvalue weighted by atomic mass is 16.5. The van der Waals surface area contributed by atoms with Crippen LogP contribution in [0.25, 0.3) is 0 Å². The summed E-state index contributed by atoms with van der Waals surface area (Å²) in [4.78, 5) is 23.9. The molecule has 2 N–H and O–H groups in total. The summed E-state index contributed by atoms with van der Waals surface area (Å²) in [5.41, 5.74) is 1.54. The van der Waals surface area contributed by atoms with Crippen molar-refractivity contribution >= 4 is 11.7 Å². The molecule has 0 radical (unpaired) electrons. The molecule has 1 saturated heterocycles. The van der Waals surface area contributed by atoms with Crippen LogP contribution in [0.15, 0.2) is 53.5 Å². The van der Waals surface area contributed by atoms with Gasteiger partial charge in [0.1, 0.15) is 0 Å². The zero-order valence-electron chi connectivity index (χ0n) is 14.3. The van der Waals surface area contributed by atoms with Gasteiger partial charge in [0.25, 0.3) is 0 Å². The Hall–Kier alpha value is -2.60. The topological polar surface area (TPSA) is 72.4 Å². The van der Waals surface area contributed by atoms with Gasteiger partial charge in [0.2, 0.25) is 5.56 Å². The van der Waals surface area contributed by atoms with Gasteiger partial charge in [0.05, 0.1) is 11.7 Å². The minimum atomic E-state index is -0.286. The van der Waals surface area contributed by atoms with Crippen molar-refractivity contribution in [3.63, 3.8) is 0 Å². The molecule has 0 bridgehead atoms. The minimum absolute atomic E-state index is 0.0829. The fourth-order valence-electron chi connectivity index (χ4n) is 3.06. The summed E-state index contributed by atoms with van der Waals surface area (Å²) in [5, 5.41) is 5.84. The number of anilines is 1. The zero-order valence-corrected chi connectivity index (χ0v) is 14.3. The number of amides is 2. The molecule has 2 aromatic rings. The van der Waals surface area contributed by atoms with Crippen LogP contribution in [0.1, 0.15) is 24.4 Å². The second-order valence-corrected chi connectivity index (χ2v) is 6.39. The smallest absolute Gasteiger partial charge is 0.319 e. The number of aromatic nitrogens is 1. The van der Waals surface area contributed by atoms with Gasteiger partial charge in [-0.05, 0) is 30.4 Å². The van der Waals surface area contributed by atoms with E-state index in [1.807, 2.05) is 30.3 Å². The summed E-state index contributed by atoms with van der Waals surface area (Å²) < 4.78 is 6.89. The molecule has 0 aliphatic carbocycles. The van der Waals surface area contributed by atoms with Crippen LogP contribution in [0.4, 0.5) is 10.5 Å². The molecule has 1 aliphatic heterocycles. The summed E-state index contributed by atoms with van der Waals surface area (Å²) >= 11 is 0. The molecule has 1 aliphatic rings. The molecule has 25 heavy (non-hydrogen) atoms. The molecule has 3 rings (SSSR count). The number of nitrogens with zero attached hydrogens (tertiary/aromatic N) is 1. The molecule has 6 heteroatoms. The van der Waals surface area contributed by atoms with Gasteiger partial charge in [-0.3, -0.25) is 4.79 Å². The van der Waals surface area contributed by atoms with Crippen molar-refractivity contribution in [1.82, 2.24) is 9.88 Å². The lowest BCUT2D eigenvalue weighted by molar-refractivity contribution is 0.181. The molecule has 1 fully saturated rings. The first-order chi connectivity index (χ1) is 12.1. The van der Waals surface area contributed by atoms with E-state index in [2.05, 4.69) is 10.6 Å². The van der Waals surface area contributed by atoms with E-state index in [1.54, 1.807) is 19.3 Å². The van der Waals surface area contributed by atoms with Crippen molar-refractivity contribution < 1.29 is 9.53 Å². The van der Waals surface area contributed by atoms with Crippen LogP contribution in [0.2, 0.25) is 0 Å². The van der Waals surface area contributed by atoms with Crippen LogP contribution >= 0.6 is 0 Å². The van der Waals surface area contributed by atoms with Crippen molar-refractivity contribution in [1.29, 1.82) is 0 Å². The maximum absolute atomic E-state index is 12.4. The van der Waals surface area contributed by atoms with Gasteiger partial charge in [-0.15, -0.1) is 0 Å². The van der Waals surface area contributed by atoms with Gasteiger partial charge in [-0.1, -0.05) is 30.3 Å². The Balaban J connectivity index is 1.68. The van der Waals surface area contributed by atoms with Gasteiger partial charge >= 0.3 is 6.03 Å². The number of carbonyl (C=O) groups is 1. The van der Waals surface area contributed by atoms with Gasteiger partial charge in [0, 0.05) is 32.5 Å². The van der Waals surface area contributed by atoms with Crippen molar-refractivity contribution in [3.8, 4) is 0 Å². The Morgan fingerprint density at radius 3 is 2.76 bits per heavy atom.